The van der Waals surface area contributed by atoms with E-state index in [1.165, 1.54) is 36.1 Å². The quantitative estimate of drug-likeness (QED) is 0.549. The van der Waals surface area contributed by atoms with Gasteiger partial charge in [-0.2, -0.15) is 0 Å². The second kappa shape index (κ2) is 8.80. The first-order chi connectivity index (χ1) is 12.9. The average molecular weight is 385 g/mol. The van der Waals surface area contributed by atoms with Crippen molar-refractivity contribution >= 4 is 22.7 Å². The molecule has 1 aliphatic rings. The third-order valence-corrected chi connectivity index (χ3v) is 6.63. The minimum absolute atomic E-state index is 0.230. The molecule has 1 N–H and O–H groups in total. The van der Waals surface area contributed by atoms with Crippen LogP contribution in [0.4, 0.5) is 0 Å². The molecule has 1 unspecified atom stereocenters. The Morgan fingerprint density at radius 1 is 1.08 bits per heavy atom. The molecule has 0 amide bonds. The van der Waals surface area contributed by atoms with Crippen molar-refractivity contribution in [1.82, 2.24) is 10.3 Å². The number of hydrogen-bond acceptors (Lipinski definition) is 5. The van der Waals surface area contributed by atoms with Gasteiger partial charge in [0.15, 0.2) is 0 Å². The highest BCUT2D eigenvalue weighted by molar-refractivity contribution is 7.10. The normalized spacial score (nSPS) is 16.0. The summed E-state index contributed by atoms with van der Waals surface area (Å²) < 4.78 is 6.28. The highest BCUT2D eigenvalue weighted by atomic mass is 32.1. The summed E-state index contributed by atoms with van der Waals surface area (Å²) in [5.74, 6) is 1.03. The van der Waals surface area contributed by atoms with Gasteiger partial charge in [0, 0.05) is 35.0 Å². The molecule has 0 bridgehead atoms. The van der Waals surface area contributed by atoms with E-state index in [1.807, 2.05) is 6.20 Å². The number of ether oxygens (including phenoxy) is 1. The van der Waals surface area contributed by atoms with Crippen molar-refractivity contribution in [3.05, 3.63) is 68.8 Å². The summed E-state index contributed by atoms with van der Waals surface area (Å²) in [7, 11) is 0. The summed E-state index contributed by atoms with van der Waals surface area (Å²) in [6, 6.07) is 13.0. The number of thiophene rings is 1. The largest absolute Gasteiger partial charge is 0.490 e. The van der Waals surface area contributed by atoms with Crippen molar-refractivity contribution in [3.8, 4) is 5.75 Å². The van der Waals surface area contributed by atoms with E-state index < -0.39 is 0 Å². The van der Waals surface area contributed by atoms with Crippen LogP contribution in [0.2, 0.25) is 0 Å². The first-order valence-corrected chi connectivity index (χ1v) is 11.0. The van der Waals surface area contributed by atoms with Crippen molar-refractivity contribution in [1.29, 1.82) is 0 Å². The standard InChI is InChI=1S/C21H24N2OS2/c1-4-10-20(24-17-7-2-3-8-17)16(6-1)15-23-19(21-22-11-13-26-21)14-18-9-5-12-25-18/h1,4-6,9-13,17,19,23H,2-3,7-8,14-15H2. The lowest BCUT2D eigenvalue weighted by molar-refractivity contribution is 0.207. The van der Waals surface area contributed by atoms with Crippen molar-refractivity contribution < 1.29 is 4.74 Å². The molecule has 26 heavy (non-hydrogen) atoms. The van der Waals surface area contributed by atoms with Gasteiger partial charge in [-0.3, -0.25) is 0 Å². The van der Waals surface area contributed by atoms with Crippen LogP contribution >= 0.6 is 22.7 Å². The molecule has 3 aromatic rings. The number of aromatic nitrogens is 1. The van der Waals surface area contributed by atoms with E-state index in [0.717, 1.165) is 23.7 Å². The number of benzene rings is 1. The maximum atomic E-state index is 6.28. The Kier molecular flexibility index (Phi) is 5.99. The summed E-state index contributed by atoms with van der Waals surface area (Å²) in [6.45, 7) is 0.790. The number of para-hydroxylation sites is 1. The van der Waals surface area contributed by atoms with Crippen LogP contribution in [-0.4, -0.2) is 11.1 Å². The molecule has 4 rings (SSSR count). The second-order valence-electron chi connectivity index (χ2n) is 6.72. The Balaban J connectivity index is 1.45. The van der Waals surface area contributed by atoms with Crippen molar-refractivity contribution in [2.45, 2.75) is 50.8 Å². The fraction of sp³-hybridized carbons (Fsp3) is 0.381. The zero-order valence-electron chi connectivity index (χ0n) is 14.8. The van der Waals surface area contributed by atoms with Gasteiger partial charge in [-0.25, -0.2) is 4.98 Å². The number of nitrogens with one attached hydrogen (secondary N) is 1. The smallest absolute Gasteiger partial charge is 0.124 e. The molecule has 1 aliphatic carbocycles. The Morgan fingerprint density at radius 2 is 1.96 bits per heavy atom. The summed E-state index contributed by atoms with van der Waals surface area (Å²) in [5, 5.41) is 9.05. The van der Waals surface area contributed by atoms with Gasteiger partial charge in [0.25, 0.3) is 0 Å². The highest BCUT2D eigenvalue weighted by Gasteiger charge is 2.19. The van der Waals surface area contributed by atoms with E-state index in [4.69, 9.17) is 4.74 Å². The number of rotatable bonds is 8. The lowest BCUT2D eigenvalue weighted by Gasteiger charge is -2.19. The van der Waals surface area contributed by atoms with Crippen LogP contribution in [-0.2, 0) is 13.0 Å². The van der Waals surface area contributed by atoms with Crippen LogP contribution in [0.3, 0.4) is 0 Å². The molecular formula is C21H24N2OS2. The van der Waals surface area contributed by atoms with Crippen LogP contribution in [0.15, 0.2) is 53.4 Å². The van der Waals surface area contributed by atoms with E-state index >= 15 is 0 Å². The molecule has 1 aromatic carbocycles. The second-order valence-corrected chi connectivity index (χ2v) is 8.68. The summed E-state index contributed by atoms with van der Waals surface area (Å²) in [4.78, 5) is 5.93. The van der Waals surface area contributed by atoms with Gasteiger partial charge in [-0.1, -0.05) is 24.3 Å². The fourth-order valence-electron chi connectivity index (χ4n) is 3.47. The summed E-state index contributed by atoms with van der Waals surface area (Å²) >= 11 is 3.52. The Hall–Kier alpha value is -1.69. The van der Waals surface area contributed by atoms with E-state index in [9.17, 15) is 0 Å². The molecule has 1 saturated carbocycles. The van der Waals surface area contributed by atoms with Crippen LogP contribution < -0.4 is 10.1 Å². The van der Waals surface area contributed by atoms with Crippen LogP contribution in [0.25, 0.3) is 0 Å². The minimum Gasteiger partial charge on any atom is -0.490 e. The molecule has 2 aromatic heterocycles. The molecule has 1 fully saturated rings. The zero-order chi connectivity index (χ0) is 17.6. The molecule has 5 heteroatoms. The third-order valence-electron chi connectivity index (χ3n) is 4.84. The first kappa shape index (κ1) is 17.7. The van der Waals surface area contributed by atoms with Crippen molar-refractivity contribution in [2.75, 3.05) is 0 Å². The van der Waals surface area contributed by atoms with Crippen molar-refractivity contribution in [2.24, 2.45) is 0 Å². The molecule has 0 saturated heterocycles. The Labute approximate surface area is 163 Å². The first-order valence-electron chi connectivity index (χ1n) is 9.28. The topological polar surface area (TPSA) is 34.1 Å². The molecule has 0 aliphatic heterocycles. The van der Waals surface area contributed by atoms with E-state index in [0.29, 0.717) is 6.10 Å². The van der Waals surface area contributed by atoms with Gasteiger partial charge in [0.1, 0.15) is 10.8 Å². The van der Waals surface area contributed by atoms with E-state index in [-0.39, 0.29) is 6.04 Å². The third kappa shape index (κ3) is 4.53. The van der Waals surface area contributed by atoms with Gasteiger partial charge in [0.2, 0.25) is 0 Å². The molecule has 2 heterocycles. The molecule has 136 valence electrons. The van der Waals surface area contributed by atoms with Crippen LogP contribution in [0.1, 0.15) is 47.2 Å². The maximum Gasteiger partial charge on any atom is 0.124 e. The number of hydrogen-bond donors (Lipinski definition) is 1. The monoisotopic (exact) mass is 384 g/mol. The lowest BCUT2D eigenvalue weighted by atomic mass is 10.1. The zero-order valence-corrected chi connectivity index (χ0v) is 16.4. The lowest BCUT2D eigenvalue weighted by Crippen LogP contribution is -2.23. The number of nitrogens with zero attached hydrogens (tertiary/aromatic N) is 1. The molecule has 0 spiro atoms. The predicted octanol–water partition coefficient (Wildman–Crippen LogP) is 5.60. The van der Waals surface area contributed by atoms with Crippen LogP contribution in [0, 0.1) is 0 Å². The highest BCUT2D eigenvalue weighted by Crippen LogP contribution is 2.28. The molecule has 3 nitrogen and oxygen atoms in total. The molecule has 0 radical (unpaired) electrons. The van der Waals surface area contributed by atoms with Gasteiger partial charge >= 0.3 is 0 Å². The minimum atomic E-state index is 0.230. The van der Waals surface area contributed by atoms with Crippen LogP contribution in [0.5, 0.6) is 5.75 Å². The predicted molar refractivity (Wildman–Crippen MR) is 109 cm³/mol. The van der Waals surface area contributed by atoms with Crippen molar-refractivity contribution in [3.63, 3.8) is 0 Å². The Morgan fingerprint density at radius 3 is 2.73 bits per heavy atom. The van der Waals surface area contributed by atoms with Gasteiger partial charge in [-0.15, -0.1) is 22.7 Å². The SMILES string of the molecule is c1csc(CC(NCc2ccccc2OC2CCCC2)c2nccs2)c1. The van der Waals surface area contributed by atoms with Gasteiger partial charge < -0.3 is 10.1 Å². The average Bonchev–Trinajstić information content (AvgIpc) is 3.42. The summed E-state index contributed by atoms with van der Waals surface area (Å²) in [5.41, 5.74) is 1.23. The number of thiazole rings is 1. The maximum absolute atomic E-state index is 6.28. The van der Waals surface area contributed by atoms with Gasteiger partial charge in [-0.05, 0) is 43.2 Å². The fourth-order valence-corrected chi connectivity index (χ4v) is 4.93. The van der Waals surface area contributed by atoms with E-state index in [2.05, 4.69) is 57.5 Å². The molecular weight excluding hydrogens is 360 g/mol. The van der Waals surface area contributed by atoms with E-state index in [1.54, 1.807) is 22.7 Å². The Bertz CT molecular complexity index is 780. The molecule has 1 atom stereocenters. The van der Waals surface area contributed by atoms with Gasteiger partial charge in [0.05, 0.1) is 12.1 Å². The summed E-state index contributed by atoms with van der Waals surface area (Å²) in [6.07, 6.45) is 8.19.